The molecule has 4 heteroatoms. The third kappa shape index (κ3) is 3.03. The first-order chi connectivity index (χ1) is 6.77. The van der Waals surface area contributed by atoms with Crippen LogP contribution < -0.4 is 0 Å². The average molecular weight is 211 g/mol. The summed E-state index contributed by atoms with van der Waals surface area (Å²) in [7, 11) is 1.36. The van der Waals surface area contributed by atoms with Crippen molar-refractivity contribution >= 4 is 17.7 Å². The standard InChI is InChI=1S/C10H13NO2S/c1-3-6-14-9-5-4-8(7-11-9)10(12)13-2/h4-5,7H,3,6H2,1-2H3. The van der Waals surface area contributed by atoms with Crippen molar-refractivity contribution in [3.05, 3.63) is 23.9 Å². The van der Waals surface area contributed by atoms with Crippen molar-refractivity contribution < 1.29 is 9.53 Å². The number of nitrogens with zero attached hydrogens (tertiary/aromatic N) is 1. The van der Waals surface area contributed by atoms with Crippen LogP contribution in [0.2, 0.25) is 0 Å². The van der Waals surface area contributed by atoms with Gasteiger partial charge in [0.1, 0.15) is 0 Å². The molecule has 0 aliphatic heterocycles. The van der Waals surface area contributed by atoms with E-state index in [-0.39, 0.29) is 5.97 Å². The predicted molar refractivity (Wildman–Crippen MR) is 56.6 cm³/mol. The van der Waals surface area contributed by atoms with Gasteiger partial charge in [0.25, 0.3) is 0 Å². The van der Waals surface area contributed by atoms with E-state index in [0.717, 1.165) is 17.2 Å². The Morgan fingerprint density at radius 1 is 1.57 bits per heavy atom. The number of esters is 1. The van der Waals surface area contributed by atoms with Gasteiger partial charge in [-0.15, -0.1) is 11.8 Å². The van der Waals surface area contributed by atoms with Crippen molar-refractivity contribution in [3.8, 4) is 0 Å². The number of carbonyl (C=O) groups excluding carboxylic acids is 1. The second-order valence-electron chi connectivity index (χ2n) is 2.73. The number of carbonyl (C=O) groups is 1. The molecule has 0 unspecified atom stereocenters. The van der Waals surface area contributed by atoms with Crippen LogP contribution in [0.3, 0.4) is 0 Å². The second-order valence-corrected chi connectivity index (χ2v) is 3.84. The molecule has 1 heterocycles. The number of ether oxygens (including phenoxy) is 1. The SMILES string of the molecule is CCCSc1ccc(C(=O)OC)cn1. The first-order valence-electron chi connectivity index (χ1n) is 4.45. The van der Waals surface area contributed by atoms with Crippen LogP contribution in [0.5, 0.6) is 0 Å². The number of hydrogen-bond acceptors (Lipinski definition) is 4. The van der Waals surface area contributed by atoms with Crippen LogP contribution in [0, 0.1) is 0 Å². The molecule has 14 heavy (non-hydrogen) atoms. The Morgan fingerprint density at radius 3 is 2.86 bits per heavy atom. The summed E-state index contributed by atoms with van der Waals surface area (Å²) in [6.07, 6.45) is 2.66. The van der Waals surface area contributed by atoms with Gasteiger partial charge < -0.3 is 4.74 Å². The van der Waals surface area contributed by atoms with Crippen LogP contribution in [-0.4, -0.2) is 23.8 Å². The predicted octanol–water partition coefficient (Wildman–Crippen LogP) is 2.37. The summed E-state index contributed by atoms with van der Waals surface area (Å²) >= 11 is 1.69. The first-order valence-corrected chi connectivity index (χ1v) is 5.43. The molecule has 3 nitrogen and oxygen atoms in total. The van der Waals surface area contributed by atoms with Crippen molar-refractivity contribution in [2.45, 2.75) is 18.4 Å². The molecule has 1 aromatic heterocycles. The van der Waals surface area contributed by atoms with Gasteiger partial charge in [-0.05, 0) is 24.3 Å². The van der Waals surface area contributed by atoms with Gasteiger partial charge in [-0.2, -0.15) is 0 Å². The van der Waals surface area contributed by atoms with Crippen molar-refractivity contribution in [1.29, 1.82) is 0 Å². The van der Waals surface area contributed by atoms with Gasteiger partial charge in [-0.3, -0.25) is 0 Å². The van der Waals surface area contributed by atoms with Crippen LogP contribution in [0.25, 0.3) is 0 Å². The van der Waals surface area contributed by atoms with E-state index >= 15 is 0 Å². The largest absolute Gasteiger partial charge is 0.465 e. The minimum Gasteiger partial charge on any atom is -0.465 e. The Kier molecular flexibility index (Phi) is 4.46. The van der Waals surface area contributed by atoms with Crippen molar-refractivity contribution in [2.75, 3.05) is 12.9 Å². The summed E-state index contributed by atoms with van der Waals surface area (Å²) in [5, 5.41) is 0.944. The average Bonchev–Trinajstić information content (AvgIpc) is 2.26. The van der Waals surface area contributed by atoms with Gasteiger partial charge >= 0.3 is 5.97 Å². The van der Waals surface area contributed by atoms with Gasteiger partial charge in [-0.25, -0.2) is 9.78 Å². The third-order valence-corrected chi connectivity index (χ3v) is 2.76. The van der Waals surface area contributed by atoms with Crippen LogP contribution in [-0.2, 0) is 4.74 Å². The van der Waals surface area contributed by atoms with Crippen LogP contribution in [0.4, 0.5) is 0 Å². The van der Waals surface area contributed by atoms with Crippen molar-refractivity contribution in [3.63, 3.8) is 0 Å². The molecule has 1 rings (SSSR count). The second kappa shape index (κ2) is 5.65. The van der Waals surface area contributed by atoms with E-state index in [1.165, 1.54) is 7.11 Å². The van der Waals surface area contributed by atoms with Gasteiger partial charge in [0, 0.05) is 6.20 Å². The number of thioether (sulfide) groups is 1. The van der Waals surface area contributed by atoms with Crippen molar-refractivity contribution in [1.82, 2.24) is 4.98 Å². The van der Waals surface area contributed by atoms with Gasteiger partial charge in [0.05, 0.1) is 17.7 Å². The Morgan fingerprint density at radius 2 is 2.36 bits per heavy atom. The normalized spacial score (nSPS) is 9.86. The van der Waals surface area contributed by atoms with E-state index < -0.39 is 0 Å². The smallest absolute Gasteiger partial charge is 0.339 e. The maximum absolute atomic E-state index is 11.1. The molecule has 0 aliphatic rings. The van der Waals surface area contributed by atoms with E-state index in [1.807, 2.05) is 6.07 Å². The Labute approximate surface area is 87.9 Å². The maximum Gasteiger partial charge on any atom is 0.339 e. The number of methoxy groups -OCH3 is 1. The fourth-order valence-electron chi connectivity index (χ4n) is 0.911. The minimum atomic E-state index is -0.343. The summed E-state index contributed by atoms with van der Waals surface area (Å²) in [6.45, 7) is 2.12. The Balaban J connectivity index is 2.63. The summed E-state index contributed by atoms with van der Waals surface area (Å²) < 4.78 is 4.57. The lowest BCUT2D eigenvalue weighted by atomic mass is 10.3. The van der Waals surface area contributed by atoms with Gasteiger partial charge in [-0.1, -0.05) is 6.92 Å². The maximum atomic E-state index is 11.1. The molecule has 0 fully saturated rings. The molecular weight excluding hydrogens is 198 g/mol. The topological polar surface area (TPSA) is 39.2 Å². The van der Waals surface area contributed by atoms with Gasteiger partial charge in [0.2, 0.25) is 0 Å². The Hall–Kier alpha value is -1.03. The molecule has 0 N–H and O–H groups in total. The van der Waals surface area contributed by atoms with Gasteiger partial charge in [0.15, 0.2) is 0 Å². The molecule has 0 aliphatic carbocycles. The molecule has 0 atom stereocenters. The van der Waals surface area contributed by atoms with E-state index in [1.54, 1.807) is 24.0 Å². The number of pyridine rings is 1. The zero-order chi connectivity index (χ0) is 10.4. The molecule has 0 spiro atoms. The molecule has 76 valence electrons. The fraction of sp³-hybridized carbons (Fsp3) is 0.400. The van der Waals surface area contributed by atoms with Crippen molar-refractivity contribution in [2.24, 2.45) is 0 Å². The molecule has 0 radical (unpaired) electrons. The highest BCUT2D eigenvalue weighted by atomic mass is 32.2. The third-order valence-electron chi connectivity index (χ3n) is 1.61. The zero-order valence-electron chi connectivity index (χ0n) is 8.32. The van der Waals surface area contributed by atoms with Crippen LogP contribution in [0.1, 0.15) is 23.7 Å². The molecular formula is C10H13NO2S. The lowest BCUT2D eigenvalue weighted by Crippen LogP contribution is -2.01. The molecule has 0 saturated carbocycles. The first kappa shape index (κ1) is 11.0. The van der Waals surface area contributed by atoms with Crippen LogP contribution in [0.15, 0.2) is 23.4 Å². The molecule has 0 amide bonds. The fourth-order valence-corrected chi connectivity index (χ4v) is 1.62. The lowest BCUT2D eigenvalue weighted by Gasteiger charge is -2.00. The molecule has 0 aromatic carbocycles. The van der Waals surface area contributed by atoms with E-state index in [0.29, 0.717) is 5.56 Å². The molecule has 0 bridgehead atoms. The highest BCUT2D eigenvalue weighted by molar-refractivity contribution is 7.99. The van der Waals surface area contributed by atoms with E-state index in [9.17, 15) is 4.79 Å². The summed E-state index contributed by atoms with van der Waals surface area (Å²) in [5.74, 6) is 0.703. The summed E-state index contributed by atoms with van der Waals surface area (Å²) in [5.41, 5.74) is 0.494. The highest BCUT2D eigenvalue weighted by Crippen LogP contribution is 2.16. The highest BCUT2D eigenvalue weighted by Gasteiger charge is 2.04. The number of hydrogen-bond donors (Lipinski definition) is 0. The summed E-state index contributed by atoms with van der Waals surface area (Å²) in [6, 6.07) is 3.57. The monoisotopic (exact) mass is 211 g/mol. The lowest BCUT2D eigenvalue weighted by molar-refractivity contribution is 0.0600. The van der Waals surface area contributed by atoms with E-state index in [2.05, 4.69) is 16.6 Å². The zero-order valence-corrected chi connectivity index (χ0v) is 9.13. The number of aromatic nitrogens is 1. The molecule has 1 aromatic rings. The van der Waals surface area contributed by atoms with E-state index in [4.69, 9.17) is 0 Å². The summed E-state index contributed by atoms with van der Waals surface area (Å²) in [4.78, 5) is 15.2. The minimum absolute atomic E-state index is 0.343. The number of rotatable bonds is 4. The molecule has 0 saturated heterocycles. The van der Waals surface area contributed by atoms with Crippen LogP contribution >= 0.6 is 11.8 Å². The quantitative estimate of drug-likeness (QED) is 0.566. The Bertz CT molecular complexity index is 297.